The number of hydrogen-bond donors (Lipinski definition) is 2. The van der Waals surface area contributed by atoms with Crippen LogP contribution in [0, 0.1) is 10.5 Å². The fourth-order valence-corrected chi connectivity index (χ4v) is 2.78. The Hall–Kier alpha value is -2.52. The van der Waals surface area contributed by atoms with Gasteiger partial charge in [0.05, 0.1) is 5.69 Å². The smallest absolute Gasteiger partial charge is 0.250 e. The maximum absolute atomic E-state index is 12.0. The summed E-state index contributed by atoms with van der Waals surface area (Å²) in [5, 5.41) is 5.66. The van der Waals surface area contributed by atoms with Crippen LogP contribution in [0.1, 0.15) is 11.5 Å². The van der Waals surface area contributed by atoms with Crippen LogP contribution in [-0.4, -0.2) is 16.0 Å². The summed E-state index contributed by atoms with van der Waals surface area (Å²) in [6, 6.07) is 17.2. The third-order valence-corrected chi connectivity index (χ3v) is 4.93. The molecule has 0 radical (unpaired) electrons. The lowest BCUT2D eigenvalue weighted by molar-refractivity contribution is -0.115. The molecule has 5 nitrogen and oxygen atoms in total. The Morgan fingerprint density at radius 2 is 1.93 bits per heavy atom. The average Bonchev–Trinajstić information content (AvgIpc) is 3.13. The largest absolute Gasteiger partial charge is 0.457 e. The molecule has 2 N–H and O–H groups in total. The number of rotatable bonds is 4. The Bertz CT molecular complexity index is 999. The van der Waals surface area contributed by atoms with Crippen LogP contribution >= 0.6 is 34.8 Å². The lowest BCUT2D eigenvalue weighted by Crippen LogP contribution is -2.33. The molecule has 0 saturated carbocycles. The minimum absolute atomic E-state index is 0.183. The molecule has 0 unspecified atom stereocenters. The number of anilines is 1. The number of aromatic nitrogens is 1. The molecule has 0 aliphatic carbocycles. The van der Waals surface area contributed by atoms with Gasteiger partial charge in [-0.1, -0.05) is 30.3 Å². The highest BCUT2D eigenvalue weighted by atomic mass is 127. The maximum Gasteiger partial charge on any atom is 0.250 e. The maximum atomic E-state index is 12.0. The van der Waals surface area contributed by atoms with E-state index in [1.807, 2.05) is 49.4 Å². The number of amides is 1. The Morgan fingerprint density at radius 3 is 2.67 bits per heavy atom. The molecule has 7 heteroatoms. The number of pyridine rings is 1. The predicted octanol–water partition coefficient (Wildman–Crippen LogP) is 4.78. The molecule has 0 aliphatic heterocycles. The second-order valence-electron chi connectivity index (χ2n) is 5.61. The zero-order valence-corrected chi connectivity index (χ0v) is 17.4. The molecule has 3 rings (SSSR count). The van der Waals surface area contributed by atoms with Gasteiger partial charge in [-0.3, -0.25) is 10.1 Å². The van der Waals surface area contributed by atoms with Crippen molar-refractivity contribution in [2.75, 3.05) is 5.32 Å². The van der Waals surface area contributed by atoms with Gasteiger partial charge in [0.2, 0.25) is 5.91 Å². The van der Waals surface area contributed by atoms with Crippen molar-refractivity contribution in [3.8, 4) is 11.3 Å². The van der Waals surface area contributed by atoms with Gasteiger partial charge in [-0.15, -0.1) is 0 Å². The van der Waals surface area contributed by atoms with Gasteiger partial charge in [-0.2, -0.15) is 0 Å². The van der Waals surface area contributed by atoms with E-state index in [2.05, 4.69) is 38.2 Å². The molecule has 1 aromatic carbocycles. The molecule has 136 valence electrons. The summed E-state index contributed by atoms with van der Waals surface area (Å²) in [6.45, 7) is 1.91. The van der Waals surface area contributed by atoms with Crippen molar-refractivity contribution in [3.63, 3.8) is 0 Å². The van der Waals surface area contributed by atoms with E-state index in [4.69, 9.17) is 16.6 Å². The van der Waals surface area contributed by atoms with Gasteiger partial charge < -0.3 is 9.73 Å². The first kappa shape index (κ1) is 19.2. The van der Waals surface area contributed by atoms with Gasteiger partial charge in [-0.05, 0) is 72.1 Å². The number of halogens is 1. The highest BCUT2D eigenvalue weighted by molar-refractivity contribution is 14.1. The highest BCUT2D eigenvalue weighted by Gasteiger charge is 2.05. The number of thiocarbonyl (C=S) groups is 1. The number of carbonyl (C=O) groups is 1. The van der Waals surface area contributed by atoms with Gasteiger partial charge in [0.25, 0.3) is 0 Å². The molecule has 0 atom stereocenters. The topological polar surface area (TPSA) is 67.2 Å². The van der Waals surface area contributed by atoms with E-state index in [9.17, 15) is 4.79 Å². The minimum Gasteiger partial charge on any atom is -0.457 e. The molecule has 2 heterocycles. The summed E-state index contributed by atoms with van der Waals surface area (Å²) < 4.78 is 6.78. The van der Waals surface area contributed by atoms with Gasteiger partial charge in [0.1, 0.15) is 17.3 Å². The lowest BCUT2D eigenvalue weighted by atomic mass is 10.2. The van der Waals surface area contributed by atoms with Crippen LogP contribution in [0.3, 0.4) is 0 Å². The number of nitrogens with zero attached hydrogens (tertiary/aromatic N) is 1. The SMILES string of the molecule is Cc1nc(NC(=S)NC(=O)/C=C/c2ccc(-c3ccccc3)o2)ccc1I. The Labute approximate surface area is 176 Å². The zero-order chi connectivity index (χ0) is 19.2. The number of nitrogens with one attached hydrogen (secondary N) is 2. The Balaban J connectivity index is 1.56. The summed E-state index contributed by atoms with van der Waals surface area (Å²) in [5.74, 6) is 1.55. The number of hydrogen-bond acceptors (Lipinski definition) is 4. The fourth-order valence-electron chi connectivity index (χ4n) is 2.27. The Kier molecular flexibility index (Phi) is 6.36. The van der Waals surface area contributed by atoms with Crippen LogP contribution in [-0.2, 0) is 4.79 Å². The van der Waals surface area contributed by atoms with Crippen molar-refractivity contribution in [2.45, 2.75) is 6.92 Å². The molecule has 2 aromatic heterocycles. The first-order valence-corrected chi connectivity index (χ1v) is 9.58. The van der Waals surface area contributed by atoms with Gasteiger partial charge >= 0.3 is 0 Å². The molecule has 0 spiro atoms. The van der Waals surface area contributed by atoms with E-state index in [-0.39, 0.29) is 11.0 Å². The number of aryl methyl sites for hydroxylation is 1. The summed E-state index contributed by atoms with van der Waals surface area (Å²) in [5.41, 5.74) is 1.87. The van der Waals surface area contributed by atoms with Crippen LogP contribution in [0.4, 0.5) is 5.82 Å². The van der Waals surface area contributed by atoms with E-state index >= 15 is 0 Å². The molecule has 1 amide bonds. The normalized spacial score (nSPS) is 10.7. The molecule has 3 aromatic rings. The standard InChI is InChI=1S/C20H16IN3O2S/c1-13-16(21)9-11-18(22-13)23-20(27)24-19(25)12-8-15-7-10-17(26-15)14-5-3-2-4-6-14/h2-12H,1H3,(H2,22,23,24,25,27)/b12-8+. The van der Waals surface area contributed by atoms with Crippen molar-refractivity contribution in [1.29, 1.82) is 0 Å². The van der Waals surface area contributed by atoms with Gasteiger partial charge in [-0.25, -0.2) is 4.98 Å². The summed E-state index contributed by atoms with van der Waals surface area (Å²) in [7, 11) is 0. The second-order valence-corrected chi connectivity index (χ2v) is 7.18. The van der Waals surface area contributed by atoms with E-state index < -0.39 is 0 Å². The fraction of sp³-hybridized carbons (Fsp3) is 0.0500. The van der Waals surface area contributed by atoms with Crippen LogP contribution in [0.2, 0.25) is 0 Å². The predicted molar refractivity (Wildman–Crippen MR) is 119 cm³/mol. The molecule has 0 fully saturated rings. The number of carbonyl (C=O) groups excluding carboxylic acids is 1. The lowest BCUT2D eigenvalue weighted by Gasteiger charge is -2.08. The molecule has 0 aliphatic rings. The van der Waals surface area contributed by atoms with Crippen molar-refractivity contribution in [3.05, 3.63) is 75.7 Å². The van der Waals surface area contributed by atoms with Crippen LogP contribution in [0.25, 0.3) is 17.4 Å². The summed E-state index contributed by atoms with van der Waals surface area (Å²) in [4.78, 5) is 16.4. The first-order valence-electron chi connectivity index (χ1n) is 8.10. The molecule has 0 saturated heterocycles. The molecule has 0 bridgehead atoms. The molecular weight excluding hydrogens is 473 g/mol. The molecule has 27 heavy (non-hydrogen) atoms. The first-order chi connectivity index (χ1) is 13.0. The van der Waals surface area contributed by atoms with E-state index in [0.717, 1.165) is 20.6 Å². The van der Waals surface area contributed by atoms with Gasteiger partial charge in [0.15, 0.2) is 5.11 Å². The van der Waals surface area contributed by atoms with Crippen LogP contribution in [0.15, 0.2) is 65.1 Å². The third kappa shape index (κ3) is 5.48. The zero-order valence-electron chi connectivity index (χ0n) is 14.4. The summed E-state index contributed by atoms with van der Waals surface area (Å²) in [6.07, 6.45) is 2.96. The second kappa shape index (κ2) is 8.92. The third-order valence-electron chi connectivity index (χ3n) is 3.58. The average molecular weight is 489 g/mol. The van der Waals surface area contributed by atoms with Gasteiger partial charge in [0, 0.05) is 15.2 Å². The summed E-state index contributed by atoms with van der Waals surface area (Å²) >= 11 is 7.35. The minimum atomic E-state index is -0.354. The van der Waals surface area contributed by atoms with E-state index in [1.54, 1.807) is 18.2 Å². The highest BCUT2D eigenvalue weighted by Crippen LogP contribution is 2.22. The van der Waals surface area contributed by atoms with Crippen LogP contribution < -0.4 is 10.6 Å². The Morgan fingerprint density at radius 1 is 1.15 bits per heavy atom. The number of benzene rings is 1. The van der Waals surface area contributed by atoms with E-state index in [1.165, 1.54) is 6.08 Å². The van der Waals surface area contributed by atoms with Crippen molar-refractivity contribution in [1.82, 2.24) is 10.3 Å². The number of furan rings is 1. The van der Waals surface area contributed by atoms with E-state index in [0.29, 0.717) is 11.6 Å². The quantitative estimate of drug-likeness (QED) is 0.314. The molecular formula is C20H16IN3O2S. The van der Waals surface area contributed by atoms with Crippen LogP contribution in [0.5, 0.6) is 0 Å². The van der Waals surface area contributed by atoms with Crippen molar-refractivity contribution >= 4 is 57.7 Å². The van der Waals surface area contributed by atoms with Crippen molar-refractivity contribution < 1.29 is 9.21 Å². The monoisotopic (exact) mass is 489 g/mol. The van der Waals surface area contributed by atoms with Crippen molar-refractivity contribution in [2.24, 2.45) is 0 Å².